The molecular weight excluding hydrogens is 443 g/mol. The van der Waals surface area contributed by atoms with Crippen LogP contribution in [0.2, 0.25) is 0 Å². The van der Waals surface area contributed by atoms with Crippen LogP contribution in [-0.4, -0.2) is 0 Å². The second-order valence-corrected chi connectivity index (χ2v) is 12.8. The molecule has 0 heterocycles. The van der Waals surface area contributed by atoms with Crippen molar-refractivity contribution in [1.82, 2.24) is 0 Å². The molecule has 0 aromatic heterocycles. The van der Waals surface area contributed by atoms with Crippen LogP contribution in [0.4, 0.5) is 0 Å². The van der Waals surface area contributed by atoms with E-state index < -0.39 is 22.9 Å². The normalized spacial score (nSPS) is 16.7. The van der Waals surface area contributed by atoms with E-state index in [-0.39, 0.29) is 0 Å². The fourth-order valence-electron chi connectivity index (χ4n) is 2.81. The van der Waals surface area contributed by atoms with Gasteiger partial charge in [-0.1, -0.05) is 26.7 Å². The molecule has 0 fully saturated rings. The van der Waals surface area contributed by atoms with Gasteiger partial charge in [0.05, 0.1) is 0 Å². The van der Waals surface area contributed by atoms with Crippen LogP contribution in [-0.2, 0) is 22.9 Å². The Morgan fingerprint density at radius 2 is 1.17 bits per heavy atom. The van der Waals surface area contributed by atoms with Crippen LogP contribution in [0, 0.1) is 11.8 Å². The largest absolute Gasteiger partial charge is 0.0654 e. The zero-order valence-corrected chi connectivity index (χ0v) is 19.8. The predicted octanol–water partition coefficient (Wildman–Crippen LogP) is 7.40. The molecule has 1 heteroatoms. The minimum absolute atomic E-state index is 0.740. The molecule has 0 aliphatic heterocycles. The van der Waals surface area contributed by atoms with Gasteiger partial charge in [-0.25, -0.2) is 0 Å². The van der Waals surface area contributed by atoms with Gasteiger partial charge < -0.3 is 0 Å². The molecule has 0 nitrogen and oxygen atoms in total. The third-order valence-electron chi connectivity index (χ3n) is 4.12. The van der Waals surface area contributed by atoms with Gasteiger partial charge in [0.15, 0.2) is 0 Å². The summed E-state index contributed by atoms with van der Waals surface area (Å²) in [6.07, 6.45) is 17.4. The van der Waals surface area contributed by atoms with Gasteiger partial charge in [-0.05, 0) is 0 Å². The molecule has 23 heavy (non-hydrogen) atoms. The topological polar surface area (TPSA) is 0 Å². The van der Waals surface area contributed by atoms with Gasteiger partial charge >= 0.3 is 130 Å². The Balaban J connectivity index is 0.000000593. The Labute approximate surface area is 156 Å². The molecule has 0 saturated heterocycles. The van der Waals surface area contributed by atoms with Crippen LogP contribution in [0.3, 0.4) is 0 Å². The van der Waals surface area contributed by atoms with E-state index in [0.29, 0.717) is 0 Å². The van der Waals surface area contributed by atoms with Crippen LogP contribution in [0.15, 0.2) is 42.1 Å². The monoisotopic (exact) mass is 480 g/mol. The number of hydrogen-bond donors (Lipinski definition) is 0. The minimum atomic E-state index is -0.740. The summed E-state index contributed by atoms with van der Waals surface area (Å²) in [6.45, 7) is 13.7. The first-order chi connectivity index (χ1) is 11.0. The van der Waals surface area contributed by atoms with Crippen LogP contribution in [0.25, 0.3) is 0 Å². The summed E-state index contributed by atoms with van der Waals surface area (Å²) in [7, 11) is 0. The first-order valence-electron chi connectivity index (χ1n) is 9.51. The molecular formula is C22H36Hf. The summed E-state index contributed by atoms with van der Waals surface area (Å²) >= 11 is -0.740. The Morgan fingerprint density at radius 1 is 0.783 bits per heavy atom. The molecule has 0 amide bonds. The average Bonchev–Trinajstić information content (AvgIpc) is 3.09. The summed E-state index contributed by atoms with van der Waals surface area (Å²) in [5.74, 6) is 1.59. The molecule has 0 spiro atoms. The molecule has 0 bridgehead atoms. The second-order valence-electron chi connectivity index (χ2n) is 7.54. The maximum atomic E-state index is 2.41. The minimum Gasteiger partial charge on any atom is -0.0654 e. The van der Waals surface area contributed by atoms with Gasteiger partial charge in [-0.3, -0.25) is 0 Å². The van der Waals surface area contributed by atoms with E-state index >= 15 is 0 Å². The second kappa shape index (κ2) is 11.4. The van der Waals surface area contributed by atoms with E-state index in [9.17, 15) is 0 Å². The average molecular weight is 479 g/mol. The SMILES string of the molecule is CC(C)CC1=[C]([Hf][C]2=C(CC(C)C)C=CC2)CC=C1.CCCC. The van der Waals surface area contributed by atoms with Gasteiger partial charge in [0, 0.05) is 0 Å². The first-order valence-corrected chi connectivity index (χ1v) is 13.1. The molecule has 0 unspecified atom stereocenters. The van der Waals surface area contributed by atoms with Gasteiger partial charge in [0.1, 0.15) is 0 Å². The molecule has 2 aliphatic rings. The molecule has 0 aromatic rings. The molecule has 0 saturated carbocycles. The van der Waals surface area contributed by atoms with Crippen LogP contribution >= 0.6 is 0 Å². The van der Waals surface area contributed by atoms with Gasteiger partial charge in [0.25, 0.3) is 0 Å². The van der Waals surface area contributed by atoms with Gasteiger partial charge in [0.2, 0.25) is 0 Å². The maximum absolute atomic E-state index is 2.41. The van der Waals surface area contributed by atoms with E-state index in [1.54, 1.807) is 11.1 Å². The van der Waals surface area contributed by atoms with Gasteiger partial charge in [-0.15, -0.1) is 0 Å². The summed E-state index contributed by atoms with van der Waals surface area (Å²) in [4.78, 5) is 0. The molecule has 0 atom stereocenters. The predicted molar refractivity (Wildman–Crippen MR) is 101 cm³/mol. The van der Waals surface area contributed by atoms with Crippen LogP contribution in [0.5, 0.6) is 0 Å². The van der Waals surface area contributed by atoms with Crippen LogP contribution in [0.1, 0.15) is 80.1 Å². The van der Waals surface area contributed by atoms with E-state index in [0.717, 1.165) is 11.8 Å². The van der Waals surface area contributed by atoms with Crippen molar-refractivity contribution in [2.24, 2.45) is 11.8 Å². The standard InChI is InChI=1S/2C9H13.C4H10.Hf/c2*1-8(2)7-9-5-3-4-6-9;1-3-4-2;/h2*3,5,8H,4,7H2,1-2H3;3-4H2,1-2H3;. The van der Waals surface area contributed by atoms with Crippen molar-refractivity contribution in [3.05, 3.63) is 42.1 Å². The first kappa shape index (κ1) is 20.9. The molecule has 2 rings (SSSR count). The van der Waals surface area contributed by atoms with Crippen LogP contribution < -0.4 is 0 Å². The van der Waals surface area contributed by atoms with E-state index in [4.69, 9.17) is 0 Å². The van der Waals surface area contributed by atoms with Crippen molar-refractivity contribution < 1.29 is 22.9 Å². The van der Waals surface area contributed by atoms with Crippen molar-refractivity contribution in [2.45, 2.75) is 80.1 Å². The van der Waals surface area contributed by atoms with E-state index in [1.165, 1.54) is 38.5 Å². The van der Waals surface area contributed by atoms with Gasteiger partial charge in [-0.2, -0.15) is 0 Å². The van der Waals surface area contributed by atoms with Crippen molar-refractivity contribution in [3.8, 4) is 0 Å². The Kier molecular flexibility index (Phi) is 10.3. The number of rotatable bonds is 7. The molecule has 128 valence electrons. The molecule has 0 radical (unpaired) electrons. The number of unbranched alkanes of at least 4 members (excludes halogenated alkanes) is 1. The van der Waals surface area contributed by atoms with E-state index in [1.807, 2.05) is 6.66 Å². The van der Waals surface area contributed by atoms with E-state index in [2.05, 4.69) is 65.8 Å². The number of allylic oxidation sites excluding steroid dienone is 8. The summed E-state index contributed by atoms with van der Waals surface area (Å²) in [6, 6.07) is 0. The maximum Gasteiger partial charge on any atom is -0.0564 e. The Hall–Kier alpha value is -0.170. The summed E-state index contributed by atoms with van der Waals surface area (Å²) in [5, 5.41) is 0. The van der Waals surface area contributed by atoms with Crippen molar-refractivity contribution in [3.63, 3.8) is 0 Å². The molecule has 0 aromatic carbocycles. The smallest absolute Gasteiger partial charge is 0.0564 e. The summed E-state index contributed by atoms with van der Waals surface area (Å²) < 4.78 is 3.74. The van der Waals surface area contributed by atoms with Crippen molar-refractivity contribution >= 4 is 0 Å². The van der Waals surface area contributed by atoms with Crippen molar-refractivity contribution in [1.29, 1.82) is 0 Å². The third kappa shape index (κ3) is 7.96. The third-order valence-corrected chi connectivity index (χ3v) is 10.1. The zero-order chi connectivity index (χ0) is 17.2. The Bertz CT molecular complexity index is 428. The fourth-order valence-corrected chi connectivity index (χ4v) is 8.18. The quantitative estimate of drug-likeness (QED) is 0.334. The zero-order valence-electron chi connectivity index (χ0n) is 16.2. The molecule has 0 N–H and O–H groups in total. The van der Waals surface area contributed by atoms with Crippen molar-refractivity contribution in [2.75, 3.05) is 0 Å². The summed E-state index contributed by atoms with van der Waals surface area (Å²) in [5.41, 5.74) is 3.39. The Morgan fingerprint density at radius 3 is 1.48 bits per heavy atom. The molecule has 2 aliphatic carbocycles. The fraction of sp³-hybridized carbons (Fsp3) is 0.636. The number of hydrogen-bond acceptors (Lipinski definition) is 0.